The van der Waals surface area contributed by atoms with Gasteiger partial charge in [0.15, 0.2) is 16.8 Å². The highest BCUT2D eigenvalue weighted by Crippen LogP contribution is 2.29. The van der Waals surface area contributed by atoms with Crippen LogP contribution in [0.2, 0.25) is 0 Å². The molecule has 6 nitrogen and oxygen atoms in total. The van der Waals surface area contributed by atoms with Crippen molar-refractivity contribution in [3.8, 4) is 11.8 Å². The zero-order valence-electron chi connectivity index (χ0n) is 15.1. The lowest BCUT2D eigenvalue weighted by atomic mass is 10.1. The molecular formula is C22H16N2O4. The lowest BCUT2D eigenvalue weighted by Gasteiger charge is -2.16. The minimum absolute atomic E-state index is 0.119. The summed E-state index contributed by atoms with van der Waals surface area (Å²) in [7, 11) is 1.49. The second-order valence-corrected chi connectivity index (χ2v) is 6.36. The minimum Gasteiger partial charge on any atom is -0.493 e. The van der Waals surface area contributed by atoms with Crippen LogP contribution >= 0.6 is 0 Å². The minimum atomic E-state index is -0.433. The Morgan fingerprint density at radius 2 is 2.07 bits per heavy atom. The van der Waals surface area contributed by atoms with Crippen LogP contribution in [-0.4, -0.2) is 19.6 Å². The van der Waals surface area contributed by atoms with E-state index in [4.69, 9.17) is 9.15 Å². The highest BCUT2D eigenvalue weighted by atomic mass is 16.5. The second-order valence-electron chi connectivity index (χ2n) is 6.36. The van der Waals surface area contributed by atoms with E-state index in [1.165, 1.54) is 19.4 Å². The van der Waals surface area contributed by atoms with Crippen LogP contribution in [0, 0.1) is 11.3 Å². The molecule has 1 aliphatic rings. The molecule has 2 aromatic carbocycles. The van der Waals surface area contributed by atoms with Crippen molar-refractivity contribution in [2.45, 2.75) is 6.42 Å². The van der Waals surface area contributed by atoms with Gasteiger partial charge in [-0.1, -0.05) is 24.3 Å². The molecule has 0 fully saturated rings. The highest BCUT2D eigenvalue weighted by Gasteiger charge is 2.26. The Labute approximate surface area is 160 Å². The van der Waals surface area contributed by atoms with Crippen LogP contribution in [0.4, 0.5) is 5.69 Å². The van der Waals surface area contributed by atoms with Crippen molar-refractivity contribution < 1.29 is 13.9 Å². The van der Waals surface area contributed by atoms with E-state index < -0.39 is 5.91 Å². The van der Waals surface area contributed by atoms with E-state index in [1.807, 2.05) is 30.3 Å². The average Bonchev–Trinajstić information content (AvgIpc) is 3.16. The number of nitrogens with zero attached hydrogens (tertiary/aromatic N) is 2. The molecule has 6 heteroatoms. The fourth-order valence-electron chi connectivity index (χ4n) is 3.40. The standard InChI is InChI=1S/C22H16N2O4/c1-27-19-8-4-6-17-20(25)16(13-28-21(17)19)11-15(12-23)22(26)24-10-9-14-5-2-3-7-18(14)24/h2-8,11,13H,9-10H2,1H3/b15-11-. The summed E-state index contributed by atoms with van der Waals surface area (Å²) in [6.07, 6.45) is 3.27. The van der Waals surface area contributed by atoms with Gasteiger partial charge in [-0.3, -0.25) is 9.59 Å². The summed E-state index contributed by atoms with van der Waals surface area (Å²) in [5, 5.41) is 9.86. The van der Waals surface area contributed by atoms with E-state index in [-0.39, 0.29) is 16.6 Å². The Morgan fingerprint density at radius 1 is 1.25 bits per heavy atom. The molecule has 1 aromatic heterocycles. The molecule has 2 heterocycles. The summed E-state index contributed by atoms with van der Waals surface area (Å²) in [5.74, 6) is 0.00738. The zero-order valence-corrected chi connectivity index (χ0v) is 15.1. The molecule has 0 bridgehead atoms. The molecule has 3 aromatic rings. The molecule has 0 radical (unpaired) electrons. The highest BCUT2D eigenvalue weighted by molar-refractivity contribution is 6.12. The SMILES string of the molecule is COc1cccc2c(=O)c(/C=C(/C#N)C(=O)N3CCc4ccccc43)coc12. The Morgan fingerprint density at radius 3 is 2.86 bits per heavy atom. The second kappa shape index (κ2) is 7.05. The molecule has 138 valence electrons. The average molecular weight is 372 g/mol. The van der Waals surface area contributed by atoms with Crippen LogP contribution in [0.1, 0.15) is 11.1 Å². The van der Waals surface area contributed by atoms with E-state index in [1.54, 1.807) is 23.1 Å². The number of fused-ring (bicyclic) bond motifs is 2. The molecule has 0 atom stereocenters. The fourth-order valence-corrected chi connectivity index (χ4v) is 3.40. The van der Waals surface area contributed by atoms with Crippen molar-refractivity contribution in [3.05, 3.63) is 75.7 Å². The van der Waals surface area contributed by atoms with Gasteiger partial charge in [-0.25, -0.2) is 0 Å². The summed E-state index contributed by atoms with van der Waals surface area (Å²) in [6, 6.07) is 14.5. The molecular weight excluding hydrogens is 356 g/mol. The molecule has 0 saturated carbocycles. The first kappa shape index (κ1) is 17.6. The number of hydrogen-bond acceptors (Lipinski definition) is 5. The molecule has 28 heavy (non-hydrogen) atoms. The van der Waals surface area contributed by atoms with Crippen molar-refractivity contribution in [1.29, 1.82) is 5.26 Å². The third kappa shape index (κ3) is 2.83. The maximum atomic E-state index is 12.9. The monoisotopic (exact) mass is 372 g/mol. The smallest absolute Gasteiger partial charge is 0.268 e. The number of amides is 1. The van der Waals surface area contributed by atoms with Gasteiger partial charge in [0.25, 0.3) is 5.91 Å². The number of ether oxygens (including phenoxy) is 1. The maximum Gasteiger partial charge on any atom is 0.268 e. The Balaban J connectivity index is 1.75. The van der Waals surface area contributed by atoms with Crippen LogP contribution in [0.25, 0.3) is 17.0 Å². The van der Waals surface area contributed by atoms with Crippen molar-refractivity contribution in [3.63, 3.8) is 0 Å². The van der Waals surface area contributed by atoms with Gasteiger partial charge in [0.2, 0.25) is 0 Å². The van der Waals surface area contributed by atoms with E-state index in [2.05, 4.69) is 0 Å². The topological polar surface area (TPSA) is 83.5 Å². The van der Waals surface area contributed by atoms with Gasteiger partial charge in [-0.2, -0.15) is 5.26 Å². The molecule has 4 rings (SSSR count). The fraction of sp³-hybridized carbons (Fsp3) is 0.136. The van der Waals surface area contributed by atoms with Crippen LogP contribution in [0.15, 0.2) is 63.5 Å². The largest absolute Gasteiger partial charge is 0.493 e. The van der Waals surface area contributed by atoms with Gasteiger partial charge in [-0.05, 0) is 36.3 Å². The molecule has 0 saturated heterocycles. The normalized spacial score (nSPS) is 13.3. The summed E-state index contributed by atoms with van der Waals surface area (Å²) in [6.45, 7) is 0.501. The molecule has 1 aliphatic heterocycles. The number of rotatable bonds is 3. The number of methoxy groups -OCH3 is 1. The van der Waals surface area contributed by atoms with E-state index >= 15 is 0 Å². The first-order chi connectivity index (χ1) is 13.6. The number of carbonyl (C=O) groups excluding carboxylic acids is 1. The Bertz CT molecular complexity index is 1220. The van der Waals surface area contributed by atoms with Crippen molar-refractivity contribution in [1.82, 2.24) is 0 Å². The van der Waals surface area contributed by atoms with Crippen LogP contribution < -0.4 is 15.1 Å². The quantitative estimate of drug-likeness (QED) is 0.520. The van der Waals surface area contributed by atoms with Crippen LogP contribution in [0.3, 0.4) is 0 Å². The van der Waals surface area contributed by atoms with Crippen molar-refractivity contribution in [2.75, 3.05) is 18.6 Å². The number of carbonyl (C=O) groups is 1. The maximum absolute atomic E-state index is 12.9. The van der Waals surface area contributed by atoms with E-state index in [9.17, 15) is 14.9 Å². The summed E-state index contributed by atoms with van der Waals surface area (Å²) < 4.78 is 10.8. The van der Waals surface area contributed by atoms with Crippen molar-refractivity contribution in [2.24, 2.45) is 0 Å². The molecule has 0 N–H and O–H groups in total. The zero-order chi connectivity index (χ0) is 19.7. The lowest BCUT2D eigenvalue weighted by Crippen LogP contribution is -2.30. The predicted molar refractivity (Wildman–Crippen MR) is 105 cm³/mol. The van der Waals surface area contributed by atoms with Gasteiger partial charge in [0, 0.05) is 12.2 Å². The van der Waals surface area contributed by atoms with Gasteiger partial charge < -0.3 is 14.1 Å². The van der Waals surface area contributed by atoms with E-state index in [0.29, 0.717) is 23.3 Å². The third-order valence-electron chi connectivity index (χ3n) is 4.79. The predicted octanol–water partition coefficient (Wildman–Crippen LogP) is 3.30. The van der Waals surface area contributed by atoms with Crippen LogP contribution in [-0.2, 0) is 11.2 Å². The Hall–Kier alpha value is -3.85. The number of anilines is 1. The summed E-state index contributed by atoms with van der Waals surface area (Å²) in [4.78, 5) is 27.3. The number of benzene rings is 2. The molecule has 0 aliphatic carbocycles. The first-order valence-electron chi connectivity index (χ1n) is 8.74. The summed E-state index contributed by atoms with van der Waals surface area (Å²) >= 11 is 0. The van der Waals surface area contributed by atoms with Gasteiger partial charge in [0.1, 0.15) is 17.9 Å². The van der Waals surface area contributed by atoms with Gasteiger partial charge in [-0.15, -0.1) is 0 Å². The molecule has 0 unspecified atom stereocenters. The van der Waals surface area contributed by atoms with Gasteiger partial charge >= 0.3 is 0 Å². The molecule has 0 spiro atoms. The first-order valence-corrected chi connectivity index (χ1v) is 8.74. The number of nitriles is 1. The van der Waals surface area contributed by atoms with Crippen LogP contribution in [0.5, 0.6) is 5.75 Å². The third-order valence-corrected chi connectivity index (χ3v) is 4.79. The molecule has 1 amide bonds. The number of hydrogen-bond donors (Lipinski definition) is 0. The lowest BCUT2D eigenvalue weighted by molar-refractivity contribution is -0.114. The van der Waals surface area contributed by atoms with E-state index in [0.717, 1.165) is 17.7 Å². The summed E-state index contributed by atoms with van der Waals surface area (Å²) in [5.41, 5.74) is 1.87. The Kier molecular flexibility index (Phi) is 4.42. The number of para-hydroxylation sites is 2. The van der Waals surface area contributed by atoms with Gasteiger partial charge in [0.05, 0.1) is 18.1 Å². The van der Waals surface area contributed by atoms with Crippen molar-refractivity contribution >= 4 is 28.6 Å².